The lowest BCUT2D eigenvalue weighted by Crippen LogP contribution is -1.96. The van der Waals surface area contributed by atoms with E-state index in [4.69, 9.17) is 16.7 Å². The Labute approximate surface area is 78.1 Å². The van der Waals surface area contributed by atoms with Gasteiger partial charge in [0, 0.05) is 5.39 Å². The van der Waals surface area contributed by atoms with Gasteiger partial charge in [-0.05, 0) is 12.1 Å². The molecule has 1 aromatic heterocycles. The molecule has 13 heavy (non-hydrogen) atoms. The van der Waals surface area contributed by atoms with Gasteiger partial charge in [-0.1, -0.05) is 11.6 Å². The molecule has 0 aliphatic carbocycles. The minimum atomic E-state index is -1.03. The molecule has 0 atom stereocenters. The van der Waals surface area contributed by atoms with Crippen LogP contribution in [0.1, 0.15) is 10.4 Å². The Balaban J connectivity index is 2.80. The molecule has 0 fully saturated rings. The lowest BCUT2D eigenvalue weighted by atomic mass is 10.1. The van der Waals surface area contributed by atoms with Crippen molar-refractivity contribution < 1.29 is 9.90 Å². The molecule has 0 aliphatic heterocycles. The Bertz CT molecular complexity index is 478. The van der Waals surface area contributed by atoms with Crippen LogP contribution in [0.25, 0.3) is 10.9 Å². The summed E-state index contributed by atoms with van der Waals surface area (Å²) in [5, 5.41) is 16.1. The van der Waals surface area contributed by atoms with Gasteiger partial charge in [-0.15, -0.1) is 0 Å². The molecule has 5 heteroatoms. The summed E-state index contributed by atoms with van der Waals surface area (Å²) in [5.74, 6) is -1.03. The Hall–Kier alpha value is -1.55. The summed E-state index contributed by atoms with van der Waals surface area (Å²) in [6, 6.07) is 3.09. The third-order valence-electron chi connectivity index (χ3n) is 1.79. The fraction of sp³-hybridized carbons (Fsp3) is 0. The van der Waals surface area contributed by atoms with Gasteiger partial charge < -0.3 is 5.11 Å². The molecule has 0 unspecified atom stereocenters. The zero-order chi connectivity index (χ0) is 9.42. The van der Waals surface area contributed by atoms with Crippen molar-refractivity contribution in [2.24, 2.45) is 0 Å². The SMILES string of the molecule is O=C(O)c1ccc2[nH]ncc2c1Cl. The van der Waals surface area contributed by atoms with Crippen LogP contribution in [-0.4, -0.2) is 21.3 Å². The molecule has 2 rings (SSSR count). The maximum absolute atomic E-state index is 10.7. The predicted molar refractivity (Wildman–Crippen MR) is 48.1 cm³/mol. The van der Waals surface area contributed by atoms with E-state index in [1.54, 1.807) is 6.07 Å². The molecule has 0 radical (unpaired) electrons. The molecule has 0 aliphatic rings. The van der Waals surface area contributed by atoms with Gasteiger partial charge in [0.25, 0.3) is 0 Å². The minimum Gasteiger partial charge on any atom is -0.478 e. The van der Waals surface area contributed by atoms with E-state index in [0.717, 1.165) is 5.52 Å². The van der Waals surface area contributed by atoms with Crippen molar-refractivity contribution in [2.45, 2.75) is 0 Å². The van der Waals surface area contributed by atoms with Crippen LogP contribution >= 0.6 is 11.6 Å². The van der Waals surface area contributed by atoms with Gasteiger partial charge in [0.1, 0.15) is 0 Å². The molecule has 0 amide bonds. The summed E-state index contributed by atoms with van der Waals surface area (Å²) in [5.41, 5.74) is 0.825. The third kappa shape index (κ3) is 1.15. The average Bonchev–Trinajstić information content (AvgIpc) is 2.52. The highest BCUT2D eigenvalue weighted by Crippen LogP contribution is 2.25. The largest absolute Gasteiger partial charge is 0.478 e. The van der Waals surface area contributed by atoms with E-state index in [1.165, 1.54) is 12.3 Å². The van der Waals surface area contributed by atoms with Crippen molar-refractivity contribution in [3.63, 3.8) is 0 Å². The van der Waals surface area contributed by atoms with Crippen LogP contribution in [0.2, 0.25) is 5.02 Å². The van der Waals surface area contributed by atoms with Gasteiger partial charge in [-0.3, -0.25) is 5.10 Å². The number of hydrogen-bond donors (Lipinski definition) is 2. The second-order valence-corrected chi connectivity index (χ2v) is 2.94. The van der Waals surface area contributed by atoms with Gasteiger partial charge in [0.05, 0.1) is 22.3 Å². The second-order valence-electron chi connectivity index (χ2n) is 2.56. The molecular weight excluding hydrogens is 192 g/mol. The first-order chi connectivity index (χ1) is 6.20. The van der Waals surface area contributed by atoms with Crippen molar-refractivity contribution in [2.75, 3.05) is 0 Å². The van der Waals surface area contributed by atoms with E-state index in [1.807, 2.05) is 0 Å². The number of fused-ring (bicyclic) bond motifs is 1. The predicted octanol–water partition coefficient (Wildman–Crippen LogP) is 1.91. The topological polar surface area (TPSA) is 66.0 Å². The maximum Gasteiger partial charge on any atom is 0.337 e. The summed E-state index contributed by atoms with van der Waals surface area (Å²) >= 11 is 5.84. The molecule has 0 saturated carbocycles. The van der Waals surface area contributed by atoms with Crippen molar-refractivity contribution in [1.29, 1.82) is 0 Å². The highest BCUT2D eigenvalue weighted by Gasteiger charge is 2.11. The molecule has 1 aromatic carbocycles. The Morgan fingerprint density at radius 3 is 3.00 bits per heavy atom. The van der Waals surface area contributed by atoms with Gasteiger partial charge >= 0.3 is 5.97 Å². The molecule has 2 N–H and O–H groups in total. The molecule has 0 bridgehead atoms. The van der Waals surface area contributed by atoms with Gasteiger partial charge in [0.15, 0.2) is 0 Å². The molecule has 66 valence electrons. The number of nitrogens with zero attached hydrogens (tertiary/aromatic N) is 1. The third-order valence-corrected chi connectivity index (χ3v) is 2.20. The lowest BCUT2D eigenvalue weighted by Gasteiger charge is -1.98. The Morgan fingerprint density at radius 1 is 1.54 bits per heavy atom. The number of aromatic amines is 1. The van der Waals surface area contributed by atoms with Crippen LogP contribution in [0.3, 0.4) is 0 Å². The fourth-order valence-corrected chi connectivity index (χ4v) is 1.44. The van der Waals surface area contributed by atoms with E-state index in [9.17, 15) is 4.79 Å². The molecule has 4 nitrogen and oxygen atoms in total. The highest BCUT2D eigenvalue weighted by atomic mass is 35.5. The Morgan fingerprint density at radius 2 is 2.31 bits per heavy atom. The Kier molecular flexibility index (Phi) is 1.70. The standard InChI is InChI=1S/C8H5ClN2O2/c9-7-4(8(12)13)1-2-6-5(7)3-10-11-6/h1-3H,(H,10,11)(H,12,13). The first-order valence-corrected chi connectivity index (χ1v) is 3.93. The summed E-state index contributed by atoms with van der Waals surface area (Å²) in [6.45, 7) is 0. The first kappa shape index (κ1) is 8.07. The van der Waals surface area contributed by atoms with Crippen molar-refractivity contribution in [3.8, 4) is 0 Å². The number of halogens is 1. The van der Waals surface area contributed by atoms with E-state index in [2.05, 4.69) is 10.2 Å². The number of benzene rings is 1. The number of H-pyrrole nitrogens is 1. The summed E-state index contributed by atoms with van der Waals surface area (Å²) < 4.78 is 0. The monoisotopic (exact) mass is 196 g/mol. The molecule has 0 saturated heterocycles. The van der Waals surface area contributed by atoms with Crippen LogP contribution in [0.5, 0.6) is 0 Å². The zero-order valence-corrected chi connectivity index (χ0v) is 7.17. The number of carboxylic acid groups (broad SMARTS) is 1. The van der Waals surface area contributed by atoms with Crippen LogP contribution in [0, 0.1) is 0 Å². The normalized spacial score (nSPS) is 10.5. The van der Waals surface area contributed by atoms with Crippen molar-refractivity contribution in [3.05, 3.63) is 28.9 Å². The van der Waals surface area contributed by atoms with Crippen molar-refractivity contribution in [1.82, 2.24) is 10.2 Å². The van der Waals surface area contributed by atoms with Crippen LogP contribution in [0.4, 0.5) is 0 Å². The number of hydrogen-bond acceptors (Lipinski definition) is 2. The number of nitrogens with one attached hydrogen (secondary N) is 1. The van der Waals surface area contributed by atoms with E-state index >= 15 is 0 Å². The van der Waals surface area contributed by atoms with E-state index in [-0.39, 0.29) is 10.6 Å². The molecule has 1 heterocycles. The van der Waals surface area contributed by atoms with Gasteiger partial charge in [-0.25, -0.2) is 4.79 Å². The summed E-state index contributed by atoms with van der Waals surface area (Å²) in [4.78, 5) is 10.7. The van der Waals surface area contributed by atoms with E-state index < -0.39 is 5.97 Å². The van der Waals surface area contributed by atoms with Crippen LogP contribution in [-0.2, 0) is 0 Å². The van der Waals surface area contributed by atoms with Crippen molar-refractivity contribution >= 4 is 28.5 Å². The smallest absolute Gasteiger partial charge is 0.337 e. The van der Waals surface area contributed by atoms with Crippen LogP contribution in [0.15, 0.2) is 18.3 Å². The molecular formula is C8H5ClN2O2. The second kappa shape index (κ2) is 2.74. The molecule has 0 spiro atoms. The number of aromatic carboxylic acids is 1. The maximum atomic E-state index is 10.7. The van der Waals surface area contributed by atoms with Gasteiger partial charge in [-0.2, -0.15) is 5.10 Å². The zero-order valence-electron chi connectivity index (χ0n) is 6.41. The molecule has 2 aromatic rings. The summed E-state index contributed by atoms with van der Waals surface area (Å²) in [6.07, 6.45) is 1.50. The number of rotatable bonds is 1. The number of aromatic nitrogens is 2. The number of carboxylic acids is 1. The van der Waals surface area contributed by atoms with E-state index in [0.29, 0.717) is 5.39 Å². The first-order valence-electron chi connectivity index (χ1n) is 3.55. The fourth-order valence-electron chi connectivity index (χ4n) is 1.15. The van der Waals surface area contributed by atoms with Gasteiger partial charge in [0.2, 0.25) is 0 Å². The minimum absolute atomic E-state index is 0.0931. The number of carbonyl (C=O) groups is 1. The average molecular weight is 197 g/mol. The highest BCUT2D eigenvalue weighted by molar-refractivity contribution is 6.38. The lowest BCUT2D eigenvalue weighted by molar-refractivity contribution is 0.0697. The van der Waals surface area contributed by atoms with Crippen LogP contribution < -0.4 is 0 Å². The summed E-state index contributed by atoms with van der Waals surface area (Å²) in [7, 11) is 0. The quantitative estimate of drug-likeness (QED) is 0.732.